The van der Waals surface area contributed by atoms with Gasteiger partial charge in [0.25, 0.3) is 5.91 Å². The highest BCUT2D eigenvalue weighted by atomic mass is 16.5. The third-order valence-corrected chi connectivity index (χ3v) is 5.12. The lowest BCUT2D eigenvalue weighted by Gasteiger charge is -2.34. The molecule has 1 saturated heterocycles. The smallest absolute Gasteiger partial charge is 0.303 e. The predicted molar refractivity (Wildman–Crippen MR) is 102 cm³/mol. The molecule has 1 N–H and O–H groups in total. The summed E-state index contributed by atoms with van der Waals surface area (Å²) in [6, 6.07) is 5.98. The predicted octanol–water partition coefficient (Wildman–Crippen LogP) is 3.99. The molecule has 2 unspecified atom stereocenters. The second kappa shape index (κ2) is 9.06. The quantitative estimate of drug-likeness (QED) is 0.797. The van der Waals surface area contributed by atoms with E-state index in [1.807, 2.05) is 17.0 Å². The Bertz CT molecular complexity index is 641. The van der Waals surface area contributed by atoms with Gasteiger partial charge in [-0.2, -0.15) is 0 Å². The van der Waals surface area contributed by atoms with E-state index >= 15 is 0 Å². The standard InChI is InChI=1S/C21H31NO4/c1-14(2)19-9-8-18(12-15(19)3)26-16(4)21(25)22-11-5-6-17(13-22)7-10-20(23)24/h8-9,12,14,16-17H,5-7,10-11,13H2,1-4H3,(H,23,24). The molecule has 1 amide bonds. The van der Waals surface area contributed by atoms with Crippen LogP contribution in [0.15, 0.2) is 18.2 Å². The molecule has 0 aliphatic carbocycles. The molecule has 2 rings (SSSR count). The Hall–Kier alpha value is -2.04. The lowest BCUT2D eigenvalue weighted by molar-refractivity contribution is -0.140. The molecular formula is C21H31NO4. The van der Waals surface area contributed by atoms with Crippen LogP contribution in [0.25, 0.3) is 0 Å². The van der Waals surface area contributed by atoms with Crippen LogP contribution in [-0.4, -0.2) is 41.1 Å². The molecule has 0 bridgehead atoms. The van der Waals surface area contributed by atoms with Crippen molar-refractivity contribution in [2.24, 2.45) is 5.92 Å². The number of likely N-dealkylation sites (tertiary alicyclic amines) is 1. The number of rotatable bonds is 7. The van der Waals surface area contributed by atoms with Gasteiger partial charge in [0.05, 0.1) is 0 Å². The van der Waals surface area contributed by atoms with Crippen molar-refractivity contribution in [1.82, 2.24) is 4.90 Å². The minimum atomic E-state index is -0.773. The molecule has 1 aliphatic heterocycles. The SMILES string of the molecule is Cc1cc(OC(C)C(=O)N2CCCC(CCC(=O)O)C2)ccc1C(C)C. The van der Waals surface area contributed by atoms with E-state index in [0.29, 0.717) is 24.6 Å². The van der Waals surface area contributed by atoms with Crippen LogP contribution in [0.4, 0.5) is 0 Å². The molecule has 5 heteroatoms. The van der Waals surface area contributed by atoms with Crippen LogP contribution in [0, 0.1) is 12.8 Å². The highest BCUT2D eigenvalue weighted by Crippen LogP contribution is 2.25. The van der Waals surface area contributed by atoms with Crippen LogP contribution in [0.2, 0.25) is 0 Å². The van der Waals surface area contributed by atoms with E-state index in [0.717, 1.165) is 19.4 Å². The van der Waals surface area contributed by atoms with E-state index in [1.54, 1.807) is 6.92 Å². The number of hydrogen-bond acceptors (Lipinski definition) is 3. The second-order valence-electron chi connectivity index (χ2n) is 7.66. The summed E-state index contributed by atoms with van der Waals surface area (Å²) in [5, 5.41) is 8.85. The van der Waals surface area contributed by atoms with Gasteiger partial charge in [-0.3, -0.25) is 9.59 Å². The lowest BCUT2D eigenvalue weighted by Crippen LogP contribution is -2.45. The fraction of sp³-hybridized carbons (Fsp3) is 0.619. The van der Waals surface area contributed by atoms with E-state index in [2.05, 4.69) is 26.8 Å². The number of piperidine rings is 1. The maximum absolute atomic E-state index is 12.7. The maximum Gasteiger partial charge on any atom is 0.303 e. The van der Waals surface area contributed by atoms with E-state index in [1.165, 1.54) is 11.1 Å². The fourth-order valence-electron chi connectivity index (χ4n) is 3.71. The van der Waals surface area contributed by atoms with Gasteiger partial charge in [0.15, 0.2) is 6.10 Å². The van der Waals surface area contributed by atoms with Crippen molar-refractivity contribution < 1.29 is 19.4 Å². The normalized spacial score (nSPS) is 18.7. The van der Waals surface area contributed by atoms with Crippen molar-refractivity contribution >= 4 is 11.9 Å². The Morgan fingerprint density at radius 1 is 1.31 bits per heavy atom. The summed E-state index contributed by atoms with van der Waals surface area (Å²) in [7, 11) is 0. The van der Waals surface area contributed by atoms with Crippen molar-refractivity contribution in [3.05, 3.63) is 29.3 Å². The summed E-state index contributed by atoms with van der Waals surface area (Å²) in [6.07, 6.45) is 2.16. The Balaban J connectivity index is 1.94. The largest absolute Gasteiger partial charge is 0.481 e. The molecule has 1 aromatic carbocycles. The van der Waals surface area contributed by atoms with Crippen LogP contribution in [-0.2, 0) is 9.59 Å². The summed E-state index contributed by atoms with van der Waals surface area (Å²) < 4.78 is 5.89. The first-order chi connectivity index (χ1) is 12.3. The van der Waals surface area contributed by atoms with Gasteiger partial charge in [0.2, 0.25) is 0 Å². The number of amides is 1. The van der Waals surface area contributed by atoms with Gasteiger partial charge in [-0.15, -0.1) is 0 Å². The maximum atomic E-state index is 12.7. The number of benzene rings is 1. The molecule has 0 aromatic heterocycles. The minimum Gasteiger partial charge on any atom is -0.481 e. The summed E-state index contributed by atoms with van der Waals surface area (Å²) >= 11 is 0. The Morgan fingerprint density at radius 2 is 2.04 bits per heavy atom. The second-order valence-corrected chi connectivity index (χ2v) is 7.66. The zero-order valence-corrected chi connectivity index (χ0v) is 16.3. The third kappa shape index (κ3) is 5.48. The van der Waals surface area contributed by atoms with E-state index in [4.69, 9.17) is 9.84 Å². The zero-order valence-electron chi connectivity index (χ0n) is 16.3. The number of carboxylic acid groups (broad SMARTS) is 1. The Kier molecular flexibility index (Phi) is 7.06. The van der Waals surface area contributed by atoms with Crippen molar-refractivity contribution in [3.63, 3.8) is 0 Å². The monoisotopic (exact) mass is 361 g/mol. The highest BCUT2D eigenvalue weighted by molar-refractivity contribution is 5.81. The molecule has 1 aromatic rings. The first kappa shape index (κ1) is 20.3. The van der Waals surface area contributed by atoms with Crippen LogP contribution in [0.3, 0.4) is 0 Å². The molecule has 0 radical (unpaired) electrons. The number of carbonyl (C=O) groups excluding carboxylic acids is 1. The van der Waals surface area contributed by atoms with Gasteiger partial charge in [-0.05, 0) is 68.2 Å². The van der Waals surface area contributed by atoms with Crippen molar-refractivity contribution in [1.29, 1.82) is 0 Å². The van der Waals surface area contributed by atoms with Gasteiger partial charge >= 0.3 is 5.97 Å². The topological polar surface area (TPSA) is 66.8 Å². The van der Waals surface area contributed by atoms with Crippen molar-refractivity contribution in [3.8, 4) is 5.75 Å². The summed E-state index contributed by atoms with van der Waals surface area (Å²) in [5.74, 6) is 0.649. The van der Waals surface area contributed by atoms with Gasteiger partial charge in [0.1, 0.15) is 5.75 Å². The van der Waals surface area contributed by atoms with Gasteiger partial charge in [-0.25, -0.2) is 0 Å². The number of hydrogen-bond donors (Lipinski definition) is 1. The molecule has 1 fully saturated rings. The van der Waals surface area contributed by atoms with E-state index < -0.39 is 12.1 Å². The molecule has 0 saturated carbocycles. The van der Waals surface area contributed by atoms with Gasteiger partial charge in [0, 0.05) is 19.5 Å². The van der Waals surface area contributed by atoms with E-state index in [9.17, 15) is 9.59 Å². The average molecular weight is 361 g/mol. The first-order valence-electron chi connectivity index (χ1n) is 9.55. The van der Waals surface area contributed by atoms with Gasteiger partial charge in [-0.1, -0.05) is 19.9 Å². The van der Waals surface area contributed by atoms with E-state index in [-0.39, 0.29) is 18.2 Å². The molecule has 0 spiro atoms. The van der Waals surface area contributed by atoms with Crippen molar-refractivity contribution in [2.45, 2.75) is 65.4 Å². The van der Waals surface area contributed by atoms with Crippen LogP contribution >= 0.6 is 0 Å². The van der Waals surface area contributed by atoms with Crippen LogP contribution in [0.1, 0.15) is 63.5 Å². The average Bonchev–Trinajstić information content (AvgIpc) is 2.59. The Morgan fingerprint density at radius 3 is 2.65 bits per heavy atom. The summed E-state index contributed by atoms with van der Waals surface area (Å²) in [6.45, 7) is 9.52. The Labute approximate surface area is 156 Å². The number of aliphatic carboxylic acids is 1. The number of nitrogens with zero attached hydrogens (tertiary/aromatic N) is 1. The highest BCUT2D eigenvalue weighted by Gasteiger charge is 2.28. The summed E-state index contributed by atoms with van der Waals surface area (Å²) in [4.78, 5) is 25.3. The molecular weight excluding hydrogens is 330 g/mol. The molecule has 1 heterocycles. The minimum absolute atomic E-state index is 0.0179. The zero-order chi connectivity index (χ0) is 19.3. The molecule has 1 aliphatic rings. The number of carboxylic acids is 1. The van der Waals surface area contributed by atoms with Crippen LogP contribution in [0.5, 0.6) is 5.75 Å². The molecule has 2 atom stereocenters. The van der Waals surface area contributed by atoms with Gasteiger partial charge < -0.3 is 14.7 Å². The lowest BCUT2D eigenvalue weighted by atomic mass is 9.93. The molecule has 5 nitrogen and oxygen atoms in total. The number of carbonyl (C=O) groups is 2. The molecule has 144 valence electrons. The van der Waals surface area contributed by atoms with Crippen LogP contribution < -0.4 is 4.74 Å². The number of aryl methyl sites for hydroxylation is 1. The third-order valence-electron chi connectivity index (χ3n) is 5.12. The fourth-order valence-corrected chi connectivity index (χ4v) is 3.71. The number of ether oxygens (including phenoxy) is 1. The first-order valence-corrected chi connectivity index (χ1v) is 9.55. The van der Waals surface area contributed by atoms with Crippen molar-refractivity contribution in [2.75, 3.05) is 13.1 Å². The summed E-state index contributed by atoms with van der Waals surface area (Å²) in [5.41, 5.74) is 2.46. The molecule has 26 heavy (non-hydrogen) atoms.